The van der Waals surface area contributed by atoms with E-state index in [1.807, 2.05) is 35.6 Å². The standard InChI is InChI=1S/C25H39N5O6S.HI/c1-30-10-4-5-19(17-30)24(32)27-9-12-35-14-16-36-15-13-34-11-8-26-22(31)7-3-2-6-21-23-20(18-37-21)28-25(33)29-23;/h4-5,10,17,20-21,23H,2-3,6-9,11-16,18H2,1H3,(H3-,26,27,28,29,31,32,33);1H/t20-,21-,23-;/m0./s1. The molecular weight excluding hydrogens is 625 g/mol. The summed E-state index contributed by atoms with van der Waals surface area (Å²) in [6, 6.07) is 4.01. The maximum absolute atomic E-state index is 12.0. The molecule has 0 radical (unpaired) electrons. The van der Waals surface area contributed by atoms with Crippen LogP contribution in [0.5, 0.6) is 0 Å². The van der Waals surface area contributed by atoms with Crippen LogP contribution in [0.25, 0.3) is 0 Å². The molecule has 2 aliphatic heterocycles. The molecule has 0 unspecified atom stereocenters. The molecule has 0 aliphatic carbocycles. The number of halogens is 1. The minimum absolute atomic E-state index is 0. The van der Waals surface area contributed by atoms with Gasteiger partial charge in [-0.1, -0.05) is 6.42 Å². The largest absolute Gasteiger partial charge is 1.00 e. The first-order valence-corrected chi connectivity index (χ1v) is 14.0. The average molecular weight is 666 g/mol. The molecule has 0 aromatic carbocycles. The summed E-state index contributed by atoms with van der Waals surface area (Å²) in [5.74, 6) is 0.877. The number of carbonyl (C=O) groups excluding carboxylic acids is 3. The van der Waals surface area contributed by atoms with Gasteiger partial charge in [0.1, 0.15) is 12.6 Å². The Morgan fingerprint density at radius 1 is 1.03 bits per heavy atom. The summed E-state index contributed by atoms with van der Waals surface area (Å²) in [5.41, 5.74) is 0.611. The number of pyridine rings is 1. The number of thioether (sulfide) groups is 1. The monoisotopic (exact) mass is 665 g/mol. The Balaban J connectivity index is 0.00000507. The average Bonchev–Trinajstić information content (AvgIpc) is 3.43. The highest BCUT2D eigenvalue weighted by molar-refractivity contribution is 8.00. The van der Waals surface area contributed by atoms with Crippen LogP contribution in [-0.2, 0) is 26.1 Å². The van der Waals surface area contributed by atoms with Gasteiger partial charge in [-0.05, 0) is 18.9 Å². The van der Waals surface area contributed by atoms with Crippen molar-refractivity contribution >= 4 is 29.6 Å². The van der Waals surface area contributed by atoms with E-state index in [2.05, 4.69) is 21.3 Å². The predicted octanol–water partition coefficient (Wildman–Crippen LogP) is -2.86. The lowest BCUT2D eigenvalue weighted by atomic mass is 10.0. The molecule has 3 heterocycles. The van der Waals surface area contributed by atoms with E-state index in [1.54, 1.807) is 12.3 Å². The Kier molecular flexibility index (Phi) is 15.9. The molecule has 38 heavy (non-hydrogen) atoms. The second-order valence-electron chi connectivity index (χ2n) is 9.07. The number of hydrogen-bond acceptors (Lipinski definition) is 7. The van der Waals surface area contributed by atoms with Gasteiger partial charge >= 0.3 is 6.03 Å². The zero-order valence-corrected chi connectivity index (χ0v) is 24.9. The minimum Gasteiger partial charge on any atom is -1.00 e. The van der Waals surface area contributed by atoms with Crippen LogP contribution >= 0.6 is 11.8 Å². The Morgan fingerprint density at radius 3 is 2.42 bits per heavy atom. The number of aryl methyl sites for hydroxylation is 1. The molecular formula is C25H40IN5O6S. The summed E-state index contributed by atoms with van der Waals surface area (Å²) in [7, 11) is 1.87. The lowest BCUT2D eigenvalue weighted by Gasteiger charge is -2.16. The first-order chi connectivity index (χ1) is 18.0. The number of unbranched alkanes of at least 4 members (excludes halogenated alkanes) is 1. The summed E-state index contributed by atoms with van der Waals surface area (Å²) in [6.45, 7) is 3.58. The van der Waals surface area contributed by atoms with Crippen molar-refractivity contribution in [3.63, 3.8) is 0 Å². The molecule has 11 nitrogen and oxygen atoms in total. The lowest BCUT2D eigenvalue weighted by molar-refractivity contribution is -0.671. The maximum Gasteiger partial charge on any atom is 0.315 e. The van der Waals surface area contributed by atoms with E-state index in [1.165, 1.54) is 0 Å². The van der Waals surface area contributed by atoms with Gasteiger partial charge in [0.15, 0.2) is 12.4 Å². The third-order valence-electron chi connectivity index (χ3n) is 6.13. The second kappa shape index (κ2) is 18.6. The fraction of sp³-hybridized carbons (Fsp3) is 0.680. The maximum atomic E-state index is 12.0. The van der Waals surface area contributed by atoms with Gasteiger partial charge in [0, 0.05) is 36.6 Å². The lowest BCUT2D eigenvalue weighted by Crippen LogP contribution is -3.00. The fourth-order valence-electron chi connectivity index (χ4n) is 4.23. The van der Waals surface area contributed by atoms with Crippen molar-refractivity contribution in [2.45, 2.75) is 43.0 Å². The van der Waals surface area contributed by atoms with Crippen molar-refractivity contribution in [2.75, 3.05) is 58.5 Å². The van der Waals surface area contributed by atoms with Gasteiger partial charge in [-0.25, -0.2) is 9.36 Å². The van der Waals surface area contributed by atoms with E-state index >= 15 is 0 Å². The number of carbonyl (C=O) groups is 3. The van der Waals surface area contributed by atoms with Gasteiger partial charge < -0.3 is 59.5 Å². The third kappa shape index (κ3) is 12.0. The Bertz CT molecular complexity index is 882. The Hall–Kier alpha value is -1.68. The van der Waals surface area contributed by atoms with E-state index in [-0.39, 0.29) is 53.9 Å². The molecule has 3 rings (SSSR count). The first kappa shape index (κ1) is 32.5. The van der Waals surface area contributed by atoms with Crippen molar-refractivity contribution in [1.82, 2.24) is 21.3 Å². The van der Waals surface area contributed by atoms with Crippen molar-refractivity contribution in [3.05, 3.63) is 30.1 Å². The summed E-state index contributed by atoms with van der Waals surface area (Å²) >= 11 is 1.90. The molecule has 0 saturated carbocycles. The normalized spacial score (nSPS) is 19.7. The van der Waals surface area contributed by atoms with Gasteiger partial charge in [0.2, 0.25) is 5.91 Å². The van der Waals surface area contributed by atoms with Crippen LogP contribution in [0.4, 0.5) is 4.79 Å². The molecule has 3 atom stereocenters. The molecule has 4 amide bonds. The van der Waals surface area contributed by atoms with Gasteiger partial charge in [-0.2, -0.15) is 11.8 Å². The van der Waals surface area contributed by atoms with E-state index in [0.29, 0.717) is 70.0 Å². The Labute approximate surface area is 245 Å². The van der Waals surface area contributed by atoms with Gasteiger partial charge in [0.25, 0.3) is 5.91 Å². The number of aromatic nitrogens is 1. The van der Waals surface area contributed by atoms with Crippen LogP contribution < -0.4 is 49.8 Å². The smallest absolute Gasteiger partial charge is 0.315 e. The van der Waals surface area contributed by atoms with Crippen molar-refractivity contribution in [3.8, 4) is 0 Å². The van der Waals surface area contributed by atoms with E-state index in [0.717, 1.165) is 25.0 Å². The highest BCUT2D eigenvalue weighted by Crippen LogP contribution is 2.33. The summed E-state index contributed by atoms with van der Waals surface area (Å²) < 4.78 is 18.2. The van der Waals surface area contributed by atoms with Crippen LogP contribution in [0.3, 0.4) is 0 Å². The molecule has 214 valence electrons. The number of hydrogen-bond donors (Lipinski definition) is 4. The quantitative estimate of drug-likeness (QED) is 0.0575. The summed E-state index contributed by atoms with van der Waals surface area (Å²) in [4.78, 5) is 35.4. The van der Waals surface area contributed by atoms with Gasteiger partial charge in [0.05, 0.1) is 51.7 Å². The summed E-state index contributed by atoms with van der Waals surface area (Å²) in [5, 5.41) is 12.1. The first-order valence-electron chi connectivity index (χ1n) is 12.9. The van der Waals surface area contributed by atoms with Crippen molar-refractivity contribution < 1.29 is 57.1 Å². The van der Waals surface area contributed by atoms with E-state index < -0.39 is 0 Å². The zero-order chi connectivity index (χ0) is 26.3. The molecule has 4 N–H and O–H groups in total. The summed E-state index contributed by atoms with van der Waals surface area (Å²) in [6.07, 6.45) is 6.98. The van der Waals surface area contributed by atoms with Crippen LogP contribution in [0.2, 0.25) is 0 Å². The van der Waals surface area contributed by atoms with Crippen LogP contribution in [0.1, 0.15) is 36.0 Å². The number of fused-ring (bicyclic) bond motifs is 1. The highest BCUT2D eigenvalue weighted by Gasteiger charge is 2.42. The number of ether oxygens (including phenoxy) is 3. The number of urea groups is 1. The Morgan fingerprint density at radius 2 is 1.71 bits per heavy atom. The molecule has 2 fully saturated rings. The molecule has 13 heteroatoms. The number of nitrogens with zero attached hydrogens (tertiary/aromatic N) is 1. The molecule has 1 aromatic rings. The van der Waals surface area contributed by atoms with Crippen LogP contribution in [0.15, 0.2) is 24.5 Å². The molecule has 2 aliphatic rings. The topological polar surface area (TPSA) is 131 Å². The number of nitrogens with one attached hydrogen (secondary N) is 4. The van der Waals surface area contributed by atoms with Gasteiger partial charge in [-0.15, -0.1) is 0 Å². The van der Waals surface area contributed by atoms with Crippen molar-refractivity contribution in [1.29, 1.82) is 0 Å². The molecule has 1 aromatic heterocycles. The van der Waals surface area contributed by atoms with E-state index in [4.69, 9.17) is 14.2 Å². The fourth-order valence-corrected chi connectivity index (χ4v) is 5.77. The number of amides is 4. The second-order valence-corrected chi connectivity index (χ2v) is 10.3. The molecule has 2 saturated heterocycles. The van der Waals surface area contributed by atoms with E-state index in [9.17, 15) is 14.4 Å². The van der Waals surface area contributed by atoms with Crippen LogP contribution in [0, 0.1) is 0 Å². The zero-order valence-electron chi connectivity index (χ0n) is 21.9. The third-order valence-corrected chi connectivity index (χ3v) is 7.64. The van der Waals surface area contributed by atoms with Gasteiger partial charge in [-0.3, -0.25) is 9.59 Å². The van der Waals surface area contributed by atoms with Crippen LogP contribution in [-0.4, -0.2) is 93.7 Å². The molecule has 0 spiro atoms. The predicted molar refractivity (Wildman–Crippen MR) is 139 cm³/mol. The highest BCUT2D eigenvalue weighted by atomic mass is 127. The molecule has 0 bridgehead atoms. The number of rotatable bonds is 18. The minimum atomic E-state index is -0.125. The SMILES string of the molecule is C[n+]1cccc(C(=O)NCCOCCOCCOCCNC(=O)CCCC[C@@H]2SC[C@@H]3NC(=O)N[C@@H]32)c1.[I-]. The van der Waals surface area contributed by atoms with Crippen molar-refractivity contribution in [2.24, 2.45) is 7.05 Å².